The average Bonchev–Trinajstić information content (AvgIpc) is 2.83. The Kier molecular flexibility index (Phi) is 4.99. The molecule has 0 aliphatic rings. The molecule has 0 spiro atoms. The van der Waals surface area contributed by atoms with Crippen molar-refractivity contribution in [2.45, 2.75) is 13.5 Å². The van der Waals surface area contributed by atoms with Crippen LogP contribution < -0.4 is 5.32 Å². The van der Waals surface area contributed by atoms with Gasteiger partial charge in [0.05, 0.1) is 16.0 Å². The van der Waals surface area contributed by atoms with Gasteiger partial charge in [-0.2, -0.15) is 0 Å². The summed E-state index contributed by atoms with van der Waals surface area (Å²) in [5.74, 6) is -0.281. The van der Waals surface area contributed by atoms with Crippen molar-refractivity contribution in [1.29, 1.82) is 0 Å². The summed E-state index contributed by atoms with van der Waals surface area (Å²) < 4.78 is 6.06. The van der Waals surface area contributed by atoms with Gasteiger partial charge in [0, 0.05) is 17.1 Å². The second kappa shape index (κ2) is 6.73. The van der Waals surface area contributed by atoms with Gasteiger partial charge in [0.2, 0.25) is 0 Å². The van der Waals surface area contributed by atoms with Crippen LogP contribution in [0, 0.1) is 0 Å². The summed E-state index contributed by atoms with van der Waals surface area (Å²) in [5, 5.41) is 3.31. The van der Waals surface area contributed by atoms with E-state index in [1.807, 2.05) is 18.2 Å². The van der Waals surface area contributed by atoms with E-state index in [0.29, 0.717) is 12.2 Å². The van der Waals surface area contributed by atoms with Gasteiger partial charge in [-0.1, -0.05) is 0 Å². The fourth-order valence-electron chi connectivity index (χ4n) is 1.57. The minimum absolute atomic E-state index is 0.281. The van der Waals surface area contributed by atoms with Gasteiger partial charge in [-0.25, -0.2) is 4.79 Å². The first-order chi connectivity index (χ1) is 9.19. The van der Waals surface area contributed by atoms with Gasteiger partial charge < -0.3 is 10.1 Å². The number of carbonyl (C=O) groups excluding carboxylic acids is 1. The van der Waals surface area contributed by atoms with Gasteiger partial charge >= 0.3 is 5.97 Å². The lowest BCUT2D eigenvalue weighted by atomic mass is 10.2. The Balaban J connectivity index is 1.93. The molecule has 0 unspecified atom stereocenters. The summed E-state index contributed by atoms with van der Waals surface area (Å²) in [6, 6.07) is 11.4. The lowest BCUT2D eigenvalue weighted by Gasteiger charge is -2.06. The number of hydrogen-bond acceptors (Lipinski definition) is 4. The number of ether oxygens (including phenoxy) is 1. The number of carbonyl (C=O) groups is 1. The summed E-state index contributed by atoms with van der Waals surface area (Å²) in [4.78, 5) is 12.7. The standard InChI is InChI=1S/C14H14BrNO2S/c1-2-18-14(17)10-3-5-11(6-4-10)16-9-12-7-8-13(15)19-12/h3-8,16H,2,9H2,1H3. The first-order valence-electron chi connectivity index (χ1n) is 5.94. The SMILES string of the molecule is CCOC(=O)c1ccc(NCc2ccc(Br)s2)cc1. The third-order valence-electron chi connectivity index (χ3n) is 2.49. The Morgan fingerprint density at radius 1 is 1.26 bits per heavy atom. The molecule has 0 saturated carbocycles. The number of thiophene rings is 1. The molecule has 1 aromatic heterocycles. The molecule has 100 valence electrons. The molecule has 0 amide bonds. The number of benzene rings is 1. The van der Waals surface area contributed by atoms with E-state index in [9.17, 15) is 4.79 Å². The minimum Gasteiger partial charge on any atom is -0.462 e. The van der Waals surface area contributed by atoms with E-state index in [1.165, 1.54) is 4.88 Å². The lowest BCUT2D eigenvalue weighted by Crippen LogP contribution is -2.04. The van der Waals surface area contributed by atoms with Gasteiger partial charge in [-0.3, -0.25) is 0 Å². The summed E-state index contributed by atoms with van der Waals surface area (Å²) in [5.41, 5.74) is 1.56. The number of halogens is 1. The molecular formula is C14H14BrNO2S. The van der Waals surface area contributed by atoms with Crippen LogP contribution in [-0.4, -0.2) is 12.6 Å². The zero-order valence-electron chi connectivity index (χ0n) is 10.5. The first kappa shape index (κ1) is 14.1. The second-order valence-electron chi connectivity index (χ2n) is 3.86. The first-order valence-corrected chi connectivity index (χ1v) is 7.55. The number of nitrogens with one attached hydrogen (secondary N) is 1. The maximum atomic E-state index is 11.5. The largest absolute Gasteiger partial charge is 0.462 e. The Morgan fingerprint density at radius 2 is 2.00 bits per heavy atom. The van der Waals surface area contributed by atoms with Crippen molar-refractivity contribution in [3.05, 3.63) is 50.6 Å². The quantitative estimate of drug-likeness (QED) is 0.825. The Morgan fingerprint density at radius 3 is 2.58 bits per heavy atom. The summed E-state index contributed by atoms with van der Waals surface area (Å²) in [7, 11) is 0. The predicted octanol–water partition coefficient (Wildman–Crippen LogP) is 4.30. The third-order valence-corrected chi connectivity index (χ3v) is 4.12. The van der Waals surface area contributed by atoms with E-state index >= 15 is 0 Å². The van der Waals surface area contributed by atoms with E-state index in [4.69, 9.17) is 4.74 Å². The zero-order valence-corrected chi connectivity index (χ0v) is 12.9. The molecule has 2 aromatic rings. The van der Waals surface area contributed by atoms with Crippen molar-refractivity contribution in [1.82, 2.24) is 0 Å². The van der Waals surface area contributed by atoms with E-state index < -0.39 is 0 Å². The maximum absolute atomic E-state index is 11.5. The number of rotatable bonds is 5. The lowest BCUT2D eigenvalue weighted by molar-refractivity contribution is 0.0526. The molecule has 0 atom stereocenters. The van der Waals surface area contributed by atoms with E-state index in [2.05, 4.69) is 27.3 Å². The number of anilines is 1. The van der Waals surface area contributed by atoms with Crippen molar-refractivity contribution in [2.75, 3.05) is 11.9 Å². The molecule has 1 N–H and O–H groups in total. The highest BCUT2D eigenvalue weighted by Gasteiger charge is 2.05. The number of hydrogen-bond donors (Lipinski definition) is 1. The average molecular weight is 340 g/mol. The number of esters is 1. The molecule has 19 heavy (non-hydrogen) atoms. The van der Waals surface area contributed by atoms with Crippen molar-refractivity contribution in [3.63, 3.8) is 0 Å². The molecule has 0 fully saturated rings. The summed E-state index contributed by atoms with van der Waals surface area (Å²) >= 11 is 5.14. The molecule has 0 bridgehead atoms. The topological polar surface area (TPSA) is 38.3 Å². The van der Waals surface area contributed by atoms with Crippen LogP contribution in [0.3, 0.4) is 0 Å². The minimum atomic E-state index is -0.281. The van der Waals surface area contributed by atoms with Crippen molar-refractivity contribution in [2.24, 2.45) is 0 Å². The molecule has 0 aliphatic carbocycles. The summed E-state index contributed by atoms with van der Waals surface area (Å²) in [6.45, 7) is 2.97. The molecule has 1 aromatic carbocycles. The van der Waals surface area contributed by atoms with Gasteiger partial charge in [0.15, 0.2) is 0 Å². The van der Waals surface area contributed by atoms with Crippen molar-refractivity contribution >= 4 is 38.9 Å². The Labute approximate surface area is 124 Å². The van der Waals surface area contributed by atoms with Crippen LogP contribution in [0.5, 0.6) is 0 Å². The molecule has 0 aliphatic heterocycles. The van der Waals surface area contributed by atoms with E-state index in [1.54, 1.807) is 30.4 Å². The van der Waals surface area contributed by atoms with Crippen LogP contribution in [0.25, 0.3) is 0 Å². The Hall–Kier alpha value is -1.33. The van der Waals surface area contributed by atoms with Crippen molar-refractivity contribution < 1.29 is 9.53 Å². The normalized spacial score (nSPS) is 10.2. The van der Waals surface area contributed by atoms with Crippen LogP contribution in [0.2, 0.25) is 0 Å². The highest BCUT2D eigenvalue weighted by Crippen LogP contribution is 2.23. The molecule has 0 saturated heterocycles. The molecule has 1 heterocycles. The Bertz CT molecular complexity index is 551. The highest BCUT2D eigenvalue weighted by molar-refractivity contribution is 9.11. The van der Waals surface area contributed by atoms with Crippen LogP contribution in [-0.2, 0) is 11.3 Å². The highest BCUT2D eigenvalue weighted by atomic mass is 79.9. The van der Waals surface area contributed by atoms with Crippen LogP contribution in [0.1, 0.15) is 22.2 Å². The monoisotopic (exact) mass is 339 g/mol. The zero-order chi connectivity index (χ0) is 13.7. The van der Waals surface area contributed by atoms with Gasteiger partial charge in [-0.15, -0.1) is 11.3 Å². The maximum Gasteiger partial charge on any atom is 0.338 e. The van der Waals surface area contributed by atoms with E-state index in [0.717, 1.165) is 16.0 Å². The predicted molar refractivity (Wildman–Crippen MR) is 81.7 cm³/mol. The van der Waals surface area contributed by atoms with Gasteiger partial charge in [-0.05, 0) is 59.3 Å². The van der Waals surface area contributed by atoms with Crippen LogP contribution in [0.4, 0.5) is 5.69 Å². The fourth-order valence-corrected chi connectivity index (χ4v) is 3.00. The molecular weight excluding hydrogens is 326 g/mol. The third kappa shape index (κ3) is 4.08. The molecule has 3 nitrogen and oxygen atoms in total. The fraction of sp³-hybridized carbons (Fsp3) is 0.214. The molecule has 2 rings (SSSR count). The second-order valence-corrected chi connectivity index (χ2v) is 6.40. The van der Waals surface area contributed by atoms with E-state index in [-0.39, 0.29) is 5.97 Å². The van der Waals surface area contributed by atoms with Gasteiger partial charge in [0.1, 0.15) is 0 Å². The van der Waals surface area contributed by atoms with Gasteiger partial charge in [0.25, 0.3) is 0 Å². The molecule has 5 heteroatoms. The van der Waals surface area contributed by atoms with Crippen LogP contribution in [0.15, 0.2) is 40.2 Å². The van der Waals surface area contributed by atoms with Crippen molar-refractivity contribution in [3.8, 4) is 0 Å². The summed E-state index contributed by atoms with van der Waals surface area (Å²) in [6.07, 6.45) is 0. The smallest absolute Gasteiger partial charge is 0.338 e. The van der Waals surface area contributed by atoms with Crippen LogP contribution >= 0.6 is 27.3 Å². The molecule has 0 radical (unpaired) electrons.